The second-order valence-electron chi connectivity index (χ2n) is 6.74. The fourth-order valence-electron chi connectivity index (χ4n) is 3.28. The highest BCUT2D eigenvalue weighted by molar-refractivity contribution is 6.22. The van der Waals surface area contributed by atoms with Crippen molar-refractivity contribution in [3.8, 4) is 11.5 Å². The van der Waals surface area contributed by atoms with Crippen LogP contribution in [0.2, 0.25) is 0 Å². The molecule has 0 aromatic heterocycles. The van der Waals surface area contributed by atoms with Crippen LogP contribution in [0.5, 0.6) is 11.5 Å². The number of imide groups is 1. The minimum absolute atomic E-state index is 0.246. The van der Waals surface area contributed by atoms with E-state index in [0.717, 1.165) is 5.56 Å². The number of nitrogens with zero attached hydrogens (tertiary/aromatic N) is 1. The molecule has 0 radical (unpaired) electrons. The van der Waals surface area contributed by atoms with Gasteiger partial charge in [0.2, 0.25) is 0 Å². The van der Waals surface area contributed by atoms with Crippen LogP contribution in [0.4, 0.5) is 0 Å². The summed E-state index contributed by atoms with van der Waals surface area (Å²) in [4.78, 5) is 38.8. The Morgan fingerprint density at radius 2 is 1.67 bits per heavy atom. The van der Waals surface area contributed by atoms with Crippen LogP contribution in [0.1, 0.15) is 43.1 Å². The predicted octanol–water partition coefficient (Wildman–Crippen LogP) is 2.27. The number of hydrogen-bond acceptors (Lipinski definition) is 6. The molecular weight excluding hydrogens is 388 g/mol. The van der Waals surface area contributed by atoms with Crippen LogP contribution >= 0.6 is 0 Å². The lowest BCUT2D eigenvalue weighted by atomic mass is 10.1. The van der Waals surface area contributed by atoms with Gasteiger partial charge in [0.05, 0.1) is 25.3 Å². The van der Waals surface area contributed by atoms with Crippen LogP contribution in [-0.2, 0) is 11.3 Å². The highest BCUT2D eigenvalue weighted by Gasteiger charge is 2.35. The monoisotopic (exact) mass is 412 g/mol. The molecule has 8 nitrogen and oxygen atoms in total. The van der Waals surface area contributed by atoms with Crippen molar-refractivity contribution in [1.82, 2.24) is 10.2 Å². The molecule has 8 heteroatoms. The van der Waals surface area contributed by atoms with E-state index in [1.807, 2.05) is 6.07 Å². The molecule has 1 heterocycles. The van der Waals surface area contributed by atoms with Crippen LogP contribution < -0.4 is 14.8 Å². The Labute approximate surface area is 174 Å². The zero-order valence-corrected chi connectivity index (χ0v) is 17.2. The lowest BCUT2D eigenvalue weighted by Gasteiger charge is -2.12. The Hall–Kier alpha value is -3.39. The third kappa shape index (κ3) is 4.28. The quantitative estimate of drug-likeness (QED) is 0.502. The molecule has 0 bridgehead atoms. The topological polar surface area (TPSA) is 94.2 Å². The molecule has 0 unspecified atom stereocenters. The molecule has 2 aromatic rings. The summed E-state index contributed by atoms with van der Waals surface area (Å²) in [5, 5.41) is 2.81. The molecule has 3 rings (SSSR count). The van der Waals surface area contributed by atoms with E-state index in [-0.39, 0.29) is 36.4 Å². The highest BCUT2D eigenvalue weighted by atomic mass is 16.5. The molecule has 1 aliphatic heterocycles. The molecule has 3 amide bonds. The summed E-state index contributed by atoms with van der Waals surface area (Å²) in [7, 11) is 4.66. The molecule has 1 aliphatic rings. The van der Waals surface area contributed by atoms with Gasteiger partial charge in [0.25, 0.3) is 17.7 Å². The first-order valence-corrected chi connectivity index (χ1v) is 9.48. The summed E-state index contributed by atoms with van der Waals surface area (Å²) in [6.07, 6.45) is 0.556. The molecule has 0 spiro atoms. The number of hydrogen-bond donors (Lipinski definition) is 1. The molecular formula is C22H24N2O6. The van der Waals surface area contributed by atoms with Crippen molar-refractivity contribution >= 4 is 17.7 Å². The van der Waals surface area contributed by atoms with Gasteiger partial charge in [-0.15, -0.1) is 0 Å². The predicted molar refractivity (Wildman–Crippen MR) is 109 cm³/mol. The number of methoxy groups -OCH3 is 3. The molecule has 0 saturated carbocycles. The van der Waals surface area contributed by atoms with E-state index in [0.29, 0.717) is 35.7 Å². The van der Waals surface area contributed by atoms with Gasteiger partial charge in [-0.05, 0) is 42.3 Å². The molecule has 0 atom stereocenters. The minimum Gasteiger partial charge on any atom is -0.493 e. The number of carbonyl (C=O) groups is 3. The zero-order valence-electron chi connectivity index (χ0n) is 17.2. The summed E-state index contributed by atoms with van der Waals surface area (Å²) in [6.45, 7) is 1.00. The average molecular weight is 412 g/mol. The number of amides is 3. The van der Waals surface area contributed by atoms with Gasteiger partial charge in [-0.3, -0.25) is 19.3 Å². The summed E-state index contributed by atoms with van der Waals surface area (Å²) in [5.41, 5.74) is 1.71. The number of benzene rings is 2. The van der Waals surface area contributed by atoms with Crippen molar-refractivity contribution in [3.63, 3.8) is 0 Å². The molecule has 0 fully saturated rings. The van der Waals surface area contributed by atoms with Crippen molar-refractivity contribution in [1.29, 1.82) is 0 Å². The maximum absolute atomic E-state index is 12.6. The Bertz CT molecular complexity index is 972. The van der Waals surface area contributed by atoms with Crippen molar-refractivity contribution in [2.75, 3.05) is 34.5 Å². The molecule has 30 heavy (non-hydrogen) atoms. The van der Waals surface area contributed by atoms with E-state index < -0.39 is 0 Å². The fraction of sp³-hybridized carbons (Fsp3) is 0.318. The van der Waals surface area contributed by atoms with Crippen LogP contribution in [0.15, 0.2) is 36.4 Å². The van der Waals surface area contributed by atoms with E-state index in [1.165, 1.54) is 17.0 Å². The SMILES string of the molecule is COCCCN1C(=O)c2ccc(C(=O)NCc3ccc(OC)c(OC)c3)cc2C1=O. The average Bonchev–Trinajstić information content (AvgIpc) is 3.01. The van der Waals surface area contributed by atoms with Crippen molar-refractivity contribution in [2.45, 2.75) is 13.0 Å². The highest BCUT2D eigenvalue weighted by Crippen LogP contribution is 2.28. The summed E-state index contributed by atoms with van der Waals surface area (Å²) < 4.78 is 15.4. The van der Waals surface area contributed by atoms with Gasteiger partial charge in [0.15, 0.2) is 11.5 Å². The molecule has 1 N–H and O–H groups in total. The largest absolute Gasteiger partial charge is 0.493 e. The summed E-state index contributed by atoms with van der Waals surface area (Å²) >= 11 is 0. The second-order valence-corrected chi connectivity index (χ2v) is 6.74. The maximum Gasteiger partial charge on any atom is 0.261 e. The number of carbonyl (C=O) groups excluding carboxylic acids is 3. The molecule has 0 aliphatic carbocycles. The van der Waals surface area contributed by atoms with E-state index in [9.17, 15) is 14.4 Å². The standard InChI is InChI=1S/C22H24N2O6/c1-28-10-4-9-24-21(26)16-7-6-15(12-17(16)22(24)27)20(25)23-13-14-5-8-18(29-2)19(11-14)30-3/h5-8,11-12H,4,9-10,13H2,1-3H3,(H,23,25). The van der Waals surface area contributed by atoms with Gasteiger partial charge < -0.3 is 19.5 Å². The van der Waals surface area contributed by atoms with Gasteiger partial charge in [-0.25, -0.2) is 0 Å². The first-order chi connectivity index (χ1) is 14.5. The zero-order chi connectivity index (χ0) is 21.7. The van der Waals surface area contributed by atoms with Crippen LogP contribution in [-0.4, -0.2) is 57.1 Å². The van der Waals surface area contributed by atoms with E-state index >= 15 is 0 Å². The maximum atomic E-state index is 12.6. The number of fused-ring (bicyclic) bond motifs is 1. The summed E-state index contributed by atoms with van der Waals surface area (Å²) in [6, 6.07) is 9.91. The third-order valence-electron chi connectivity index (χ3n) is 4.86. The Balaban J connectivity index is 1.69. The van der Waals surface area contributed by atoms with E-state index in [1.54, 1.807) is 39.5 Å². The van der Waals surface area contributed by atoms with Crippen LogP contribution in [0, 0.1) is 0 Å². The third-order valence-corrected chi connectivity index (χ3v) is 4.86. The van der Waals surface area contributed by atoms with Crippen molar-refractivity contribution < 1.29 is 28.6 Å². The molecule has 0 saturated heterocycles. The van der Waals surface area contributed by atoms with E-state index in [4.69, 9.17) is 14.2 Å². The Morgan fingerprint density at radius 1 is 0.933 bits per heavy atom. The first-order valence-electron chi connectivity index (χ1n) is 9.48. The van der Waals surface area contributed by atoms with Gasteiger partial charge in [-0.1, -0.05) is 6.07 Å². The normalized spacial score (nSPS) is 12.7. The van der Waals surface area contributed by atoms with Gasteiger partial charge in [0, 0.05) is 32.4 Å². The van der Waals surface area contributed by atoms with Gasteiger partial charge in [0.1, 0.15) is 0 Å². The summed E-state index contributed by atoms with van der Waals surface area (Å²) in [5.74, 6) is 0.0959. The van der Waals surface area contributed by atoms with Crippen LogP contribution in [0.3, 0.4) is 0 Å². The Kier molecular flexibility index (Phi) is 6.68. The molecule has 158 valence electrons. The van der Waals surface area contributed by atoms with Gasteiger partial charge in [-0.2, -0.15) is 0 Å². The van der Waals surface area contributed by atoms with Crippen LogP contribution in [0.25, 0.3) is 0 Å². The number of ether oxygens (including phenoxy) is 3. The fourth-order valence-corrected chi connectivity index (χ4v) is 3.28. The van der Waals surface area contributed by atoms with Crippen molar-refractivity contribution in [3.05, 3.63) is 58.7 Å². The second kappa shape index (κ2) is 9.41. The number of rotatable bonds is 9. The van der Waals surface area contributed by atoms with Crippen molar-refractivity contribution in [2.24, 2.45) is 0 Å². The smallest absolute Gasteiger partial charge is 0.261 e. The van der Waals surface area contributed by atoms with Gasteiger partial charge >= 0.3 is 0 Å². The number of nitrogens with one attached hydrogen (secondary N) is 1. The molecule has 2 aromatic carbocycles. The minimum atomic E-state index is -0.388. The lowest BCUT2D eigenvalue weighted by molar-refractivity contribution is 0.0638. The first kappa shape index (κ1) is 21.3. The Morgan fingerprint density at radius 3 is 2.37 bits per heavy atom. The lowest BCUT2D eigenvalue weighted by Crippen LogP contribution is -2.31. The van der Waals surface area contributed by atoms with E-state index in [2.05, 4.69) is 5.32 Å².